The molecule has 2 atom stereocenters. The Labute approximate surface area is 110 Å². The van der Waals surface area contributed by atoms with Crippen molar-refractivity contribution < 1.29 is 4.79 Å². The first-order valence-corrected chi connectivity index (χ1v) is 7.56. The van der Waals surface area contributed by atoms with Crippen molar-refractivity contribution >= 4 is 5.91 Å². The summed E-state index contributed by atoms with van der Waals surface area (Å²) in [7, 11) is 0. The lowest BCUT2D eigenvalue weighted by molar-refractivity contribution is -0.132. The van der Waals surface area contributed by atoms with Gasteiger partial charge in [-0.15, -0.1) is 0 Å². The van der Waals surface area contributed by atoms with Crippen molar-refractivity contribution in [1.29, 1.82) is 0 Å². The predicted molar refractivity (Wildman–Crippen MR) is 71.4 cm³/mol. The Morgan fingerprint density at radius 1 is 1.11 bits per heavy atom. The number of carbonyl (C=O) groups excluding carboxylic acids is 1. The van der Waals surface area contributed by atoms with Crippen molar-refractivity contribution in [1.82, 2.24) is 15.1 Å². The van der Waals surface area contributed by atoms with Gasteiger partial charge in [0.25, 0.3) is 0 Å². The number of amides is 1. The molecular weight excluding hydrogens is 226 g/mol. The Bertz CT molecular complexity index is 287. The summed E-state index contributed by atoms with van der Waals surface area (Å²) in [5, 5.41) is 3.54. The molecule has 3 rings (SSSR count). The predicted octanol–water partition coefficient (Wildman–Crippen LogP) is 0.683. The van der Waals surface area contributed by atoms with Gasteiger partial charge in [-0.1, -0.05) is 12.8 Å². The zero-order chi connectivity index (χ0) is 12.4. The molecule has 1 amide bonds. The summed E-state index contributed by atoms with van der Waals surface area (Å²) < 4.78 is 0. The number of nitrogens with one attached hydrogen (secondary N) is 1. The maximum atomic E-state index is 12.3. The van der Waals surface area contributed by atoms with Gasteiger partial charge >= 0.3 is 0 Å². The Hall–Kier alpha value is -0.610. The van der Waals surface area contributed by atoms with Gasteiger partial charge in [-0.2, -0.15) is 0 Å². The molecule has 18 heavy (non-hydrogen) atoms. The molecule has 3 fully saturated rings. The summed E-state index contributed by atoms with van der Waals surface area (Å²) >= 11 is 0. The van der Waals surface area contributed by atoms with Crippen LogP contribution in [0.4, 0.5) is 0 Å². The minimum absolute atomic E-state index is 0.358. The topological polar surface area (TPSA) is 35.6 Å². The van der Waals surface area contributed by atoms with E-state index in [1.807, 2.05) is 0 Å². The molecule has 0 aromatic rings. The van der Waals surface area contributed by atoms with Crippen LogP contribution < -0.4 is 5.32 Å². The van der Waals surface area contributed by atoms with Gasteiger partial charge in [0.1, 0.15) is 0 Å². The molecule has 3 saturated heterocycles. The molecule has 3 heterocycles. The molecule has 0 radical (unpaired) electrons. The van der Waals surface area contributed by atoms with Gasteiger partial charge < -0.3 is 10.2 Å². The molecule has 0 bridgehead atoms. The average Bonchev–Trinajstić information content (AvgIpc) is 2.80. The van der Waals surface area contributed by atoms with E-state index in [-0.39, 0.29) is 0 Å². The van der Waals surface area contributed by atoms with Crippen LogP contribution in [0.1, 0.15) is 32.1 Å². The molecule has 1 N–H and O–H groups in total. The van der Waals surface area contributed by atoms with Crippen LogP contribution in [0, 0.1) is 5.92 Å². The number of nitrogens with zero attached hydrogens (tertiary/aromatic N) is 2. The smallest absolute Gasteiger partial charge is 0.236 e. The number of hydrogen-bond donors (Lipinski definition) is 1. The van der Waals surface area contributed by atoms with Crippen LogP contribution in [0.15, 0.2) is 0 Å². The van der Waals surface area contributed by atoms with E-state index < -0.39 is 0 Å². The lowest BCUT2D eigenvalue weighted by Gasteiger charge is -2.24. The third kappa shape index (κ3) is 2.69. The van der Waals surface area contributed by atoms with Crippen LogP contribution in [-0.2, 0) is 4.79 Å². The fourth-order valence-electron chi connectivity index (χ4n) is 3.68. The Morgan fingerprint density at radius 2 is 1.89 bits per heavy atom. The monoisotopic (exact) mass is 251 g/mol. The zero-order valence-electron chi connectivity index (χ0n) is 11.2. The quantitative estimate of drug-likeness (QED) is 0.784. The van der Waals surface area contributed by atoms with Crippen LogP contribution in [0.3, 0.4) is 0 Å². The number of likely N-dealkylation sites (tertiary alicyclic amines) is 2. The number of rotatable bonds is 2. The molecule has 0 aliphatic carbocycles. The summed E-state index contributed by atoms with van der Waals surface area (Å²) in [5.74, 6) is 1.15. The molecule has 4 heteroatoms. The van der Waals surface area contributed by atoms with E-state index in [0.29, 0.717) is 18.5 Å². The van der Waals surface area contributed by atoms with E-state index in [0.717, 1.165) is 32.1 Å². The first-order valence-electron chi connectivity index (χ1n) is 7.56. The van der Waals surface area contributed by atoms with Gasteiger partial charge in [-0.3, -0.25) is 9.69 Å². The Morgan fingerprint density at radius 3 is 2.61 bits per heavy atom. The minimum Gasteiger partial charge on any atom is -0.342 e. The molecule has 0 saturated carbocycles. The highest BCUT2D eigenvalue weighted by molar-refractivity contribution is 5.78. The third-order valence-electron chi connectivity index (χ3n) is 4.76. The molecule has 0 aromatic heterocycles. The third-order valence-corrected chi connectivity index (χ3v) is 4.76. The molecule has 4 nitrogen and oxygen atoms in total. The van der Waals surface area contributed by atoms with E-state index in [4.69, 9.17) is 0 Å². The van der Waals surface area contributed by atoms with Crippen LogP contribution in [0.5, 0.6) is 0 Å². The highest BCUT2D eigenvalue weighted by atomic mass is 16.2. The minimum atomic E-state index is 0.358. The number of fused-ring (bicyclic) bond motifs is 1. The molecule has 0 spiro atoms. The fourth-order valence-corrected chi connectivity index (χ4v) is 3.68. The Kier molecular flexibility index (Phi) is 3.85. The van der Waals surface area contributed by atoms with Gasteiger partial charge in [-0.05, 0) is 31.7 Å². The van der Waals surface area contributed by atoms with Crippen LogP contribution >= 0.6 is 0 Å². The van der Waals surface area contributed by atoms with Gasteiger partial charge in [0.05, 0.1) is 6.54 Å². The molecule has 3 aliphatic heterocycles. The maximum Gasteiger partial charge on any atom is 0.236 e. The number of hydrogen-bond acceptors (Lipinski definition) is 3. The summed E-state index contributed by atoms with van der Waals surface area (Å²) in [5.41, 5.74) is 0. The molecule has 0 aromatic carbocycles. The van der Waals surface area contributed by atoms with Crippen molar-refractivity contribution in [2.24, 2.45) is 5.92 Å². The van der Waals surface area contributed by atoms with E-state index in [2.05, 4.69) is 15.1 Å². The van der Waals surface area contributed by atoms with Crippen molar-refractivity contribution in [3.05, 3.63) is 0 Å². The van der Waals surface area contributed by atoms with Gasteiger partial charge in [0, 0.05) is 32.2 Å². The highest BCUT2D eigenvalue weighted by Gasteiger charge is 2.36. The van der Waals surface area contributed by atoms with Gasteiger partial charge in [0.15, 0.2) is 0 Å². The molecule has 102 valence electrons. The van der Waals surface area contributed by atoms with Crippen molar-refractivity contribution in [3.8, 4) is 0 Å². The maximum absolute atomic E-state index is 12.3. The second-order valence-electron chi connectivity index (χ2n) is 6.10. The van der Waals surface area contributed by atoms with E-state index in [1.165, 1.54) is 38.6 Å². The molecule has 3 aliphatic rings. The zero-order valence-corrected chi connectivity index (χ0v) is 11.2. The van der Waals surface area contributed by atoms with Gasteiger partial charge in [0.2, 0.25) is 5.91 Å². The van der Waals surface area contributed by atoms with E-state index in [1.54, 1.807) is 0 Å². The summed E-state index contributed by atoms with van der Waals surface area (Å²) in [6.07, 6.45) is 6.26. The lowest BCUT2D eigenvalue weighted by atomic mass is 10.1. The van der Waals surface area contributed by atoms with Gasteiger partial charge in [-0.25, -0.2) is 0 Å². The second kappa shape index (κ2) is 5.57. The van der Waals surface area contributed by atoms with Crippen LogP contribution in [-0.4, -0.2) is 61.0 Å². The SMILES string of the molecule is O=C(CN1C[C@@H]2CCN[C@@H]2C1)N1CCCCCC1. The van der Waals surface area contributed by atoms with Crippen molar-refractivity contribution in [2.45, 2.75) is 38.1 Å². The molecule has 0 unspecified atom stereocenters. The average molecular weight is 251 g/mol. The largest absolute Gasteiger partial charge is 0.342 e. The first kappa shape index (κ1) is 12.4. The molecular formula is C14H25N3O. The van der Waals surface area contributed by atoms with Crippen molar-refractivity contribution in [2.75, 3.05) is 39.3 Å². The number of carbonyl (C=O) groups is 1. The van der Waals surface area contributed by atoms with Crippen LogP contribution in [0.25, 0.3) is 0 Å². The lowest BCUT2D eigenvalue weighted by Crippen LogP contribution is -2.41. The normalized spacial score (nSPS) is 33.4. The fraction of sp³-hybridized carbons (Fsp3) is 0.929. The summed E-state index contributed by atoms with van der Waals surface area (Å²) in [6.45, 7) is 5.98. The standard InChI is InChI=1S/C14H25N3O/c18-14(17-7-3-1-2-4-8-17)11-16-9-12-5-6-15-13(12)10-16/h12-13,15H,1-11H2/t12-,13+/m0/s1. The summed E-state index contributed by atoms with van der Waals surface area (Å²) in [4.78, 5) is 16.7. The van der Waals surface area contributed by atoms with E-state index >= 15 is 0 Å². The Balaban J connectivity index is 1.48. The van der Waals surface area contributed by atoms with Crippen molar-refractivity contribution in [3.63, 3.8) is 0 Å². The highest BCUT2D eigenvalue weighted by Crippen LogP contribution is 2.24. The second-order valence-corrected chi connectivity index (χ2v) is 6.10. The first-order chi connectivity index (χ1) is 8.83. The van der Waals surface area contributed by atoms with E-state index in [9.17, 15) is 4.79 Å². The summed E-state index contributed by atoms with van der Waals surface area (Å²) in [6, 6.07) is 0.655. The van der Waals surface area contributed by atoms with Crippen LogP contribution in [0.2, 0.25) is 0 Å².